The highest BCUT2D eigenvalue weighted by atomic mass is 16.6. The van der Waals surface area contributed by atoms with Crippen LogP contribution in [0.1, 0.15) is 175 Å². The van der Waals surface area contributed by atoms with Crippen molar-refractivity contribution in [1.29, 1.82) is 0 Å². The Balaban J connectivity index is 2.56. The number of unbranched alkanes of at least 4 members (excludes halogenated alkanes) is 19. The van der Waals surface area contributed by atoms with Gasteiger partial charge in [-0.15, -0.1) is 0 Å². The highest BCUT2D eigenvalue weighted by molar-refractivity contribution is 6.04. The lowest BCUT2D eigenvalue weighted by atomic mass is 9.65. The van der Waals surface area contributed by atoms with E-state index in [-0.39, 0.29) is 31.9 Å². The molecular formula is C48H78N4O7. The summed E-state index contributed by atoms with van der Waals surface area (Å²) in [6.45, 7) is 6.87. The third-order valence-corrected chi connectivity index (χ3v) is 11.5. The standard InChI is InChI=1S/C48H78N4O7/c1-5-8-10-12-14-16-18-19-21-23-31-37-46(49,43(54)57-7-3)47(50,44(55)59-42-35-29-26-30-36-42)48(51,45(56)58-39-41-33-27-25-28-34-41)52(40(4)53)38-32-24-22-20-17-15-13-11-9-6-2/h25-30,33-36H,5-24,31-32,37-39,49-51H2,1-4H3. The summed E-state index contributed by atoms with van der Waals surface area (Å²) in [4.78, 5) is 59.0. The number of hydrogen-bond acceptors (Lipinski definition) is 10. The summed E-state index contributed by atoms with van der Waals surface area (Å²) in [5, 5.41) is 0. The topological polar surface area (TPSA) is 177 Å². The highest BCUT2D eigenvalue weighted by Gasteiger charge is 2.74. The molecule has 0 saturated heterocycles. The number of ether oxygens (including phenoxy) is 3. The Morgan fingerprint density at radius 3 is 1.44 bits per heavy atom. The van der Waals surface area contributed by atoms with Crippen molar-refractivity contribution >= 4 is 23.8 Å². The molecule has 332 valence electrons. The number of nitrogens with zero attached hydrogens (tertiary/aromatic N) is 1. The Morgan fingerprint density at radius 1 is 0.542 bits per heavy atom. The van der Waals surface area contributed by atoms with Crippen molar-refractivity contribution in [2.24, 2.45) is 17.2 Å². The summed E-state index contributed by atoms with van der Waals surface area (Å²) in [6.07, 6.45) is 21.4. The van der Waals surface area contributed by atoms with Crippen molar-refractivity contribution in [3.05, 3.63) is 66.2 Å². The maximum atomic E-state index is 14.9. The summed E-state index contributed by atoms with van der Waals surface area (Å²) < 4.78 is 17.3. The van der Waals surface area contributed by atoms with Crippen LogP contribution in [0, 0.1) is 0 Å². The highest BCUT2D eigenvalue weighted by Crippen LogP contribution is 2.39. The zero-order valence-corrected chi connectivity index (χ0v) is 37.0. The van der Waals surface area contributed by atoms with Crippen LogP contribution in [0.3, 0.4) is 0 Å². The number of carbonyl (C=O) groups excluding carboxylic acids is 4. The Labute approximate surface area is 355 Å². The van der Waals surface area contributed by atoms with Crippen LogP contribution in [0.15, 0.2) is 60.7 Å². The SMILES string of the molecule is CCCCCCCCCCCCCC(N)(C(=O)OCC)C(N)(C(=O)Oc1ccccc1)C(N)(C(=O)OCc1ccccc1)N(CCCCCCCCCCCC)C(C)=O. The molecule has 0 aliphatic heterocycles. The first kappa shape index (κ1) is 51.3. The van der Waals surface area contributed by atoms with Crippen LogP contribution in [-0.2, 0) is 35.3 Å². The van der Waals surface area contributed by atoms with Crippen LogP contribution < -0.4 is 21.9 Å². The first-order valence-electron chi connectivity index (χ1n) is 22.7. The van der Waals surface area contributed by atoms with Gasteiger partial charge in [-0.05, 0) is 37.5 Å². The van der Waals surface area contributed by atoms with Gasteiger partial charge in [0, 0.05) is 13.5 Å². The quantitative estimate of drug-likeness (QED) is 0.0272. The van der Waals surface area contributed by atoms with Crippen LogP contribution >= 0.6 is 0 Å². The second-order valence-corrected chi connectivity index (χ2v) is 16.2. The fourth-order valence-corrected chi connectivity index (χ4v) is 7.80. The molecule has 2 rings (SSSR count). The monoisotopic (exact) mass is 823 g/mol. The zero-order chi connectivity index (χ0) is 43.4. The number of nitrogens with two attached hydrogens (primary N) is 3. The maximum absolute atomic E-state index is 14.9. The van der Waals surface area contributed by atoms with E-state index in [0.717, 1.165) is 56.3 Å². The van der Waals surface area contributed by atoms with Gasteiger partial charge in [-0.25, -0.2) is 14.4 Å². The molecule has 0 spiro atoms. The van der Waals surface area contributed by atoms with Gasteiger partial charge in [0.25, 0.3) is 0 Å². The van der Waals surface area contributed by atoms with Gasteiger partial charge in [-0.2, -0.15) is 0 Å². The zero-order valence-electron chi connectivity index (χ0n) is 37.0. The van der Waals surface area contributed by atoms with E-state index in [1.54, 1.807) is 49.4 Å². The fourth-order valence-electron chi connectivity index (χ4n) is 7.80. The van der Waals surface area contributed by atoms with E-state index >= 15 is 0 Å². The fraction of sp³-hybridized carbons (Fsp3) is 0.667. The van der Waals surface area contributed by atoms with E-state index in [1.165, 1.54) is 83.3 Å². The lowest BCUT2D eigenvalue weighted by molar-refractivity contribution is -0.186. The number of benzene rings is 2. The molecule has 0 aliphatic carbocycles. The number of amides is 1. The number of rotatable bonds is 33. The van der Waals surface area contributed by atoms with Gasteiger partial charge in [0.2, 0.25) is 11.6 Å². The second-order valence-electron chi connectivity index (χ2n) is 16.2. The van der Waals surface area contributed by atoms with Crippen LogP contribution in [0.5, 0.6) is 5.75 Å². The molecule has 3 unspecified atom stereocenters. The molecular weight excluding hydrogens is 745 g/mol. The van der Waals surface area contributed by atoms with Crippen LogP contribution in [0.2, 0.25) is 0 Å². The summed E-state index contributed by atoms with van der Waals surface area (Å²) in [5.74, 6) is -4.07. The Kier molecular flexibility index (Phi) is 24.9. The number of para-hydroxylation sites is 1. The molecule has 2 aromatic carbocycles. The van der Waals surface area contributed by atoms with Gasteiger partial charge in [0.15, 0.2) is 5.54 Å². The third-order valence-electron chi connectivity index (χ3n) is 11.5. The first-order chi connectivity index (χ1) is 28.4. The average molecular weight is 823 g/mol. The van der Waals surface area contributed by atoms with Crippen molar-refractivity contribution in [2.45, 2.75) is 192 Å². The van der Waals surface area contributed by atoms with Gasteiger partial charge in [-0.3, -0.25) is 10.5 Å². The minimum atomic E-state index is -2.90. The van der Waals surface area contributed by atoms with Crippen molar-refractivity contribution in [2.75, 3.05) is 13.2 Å². The molecule has 0 radical (unpaired) electrons. The molecule has 11 heteroatoms. The average Bonchev–Trinajstić information content (AvgIpc) is 3.23. The van der Waals surface area contributed by atoms with E-state index in [2.05, 4.69) is 13.8 Å². The Bertz CT molecular complexity index is 1480. The van der Waals surface area contributed by atoms with Gasteiger partial charge in [-0.1, -0.05) is 191 Å². The molecule has 0 aromatic heterocycles. The van der Waals surface area contributed by atoms with E-state index in [4.69, 9.17) is 31.4 Å². The predicted octanol–water partition coefficient (Wildman–Crippen LogP) is 9.42. The van der Waals surface area contributed by atoms with Crippen molar-refractivity contribution in [3.63, 3.8) is 0 Å². The van der Waals surface area contributed by atoms with E-state index in [1.807, 2.05) is 6.07 Å². The lowest BCUT2D eigenvalue weighted by Gasteiger charge is -2.53. The Hall–Kier alpha value is -3.80. The summed E-state index contributed by atoms with van der Waals surface area (Å²) >= 11 is 0. The minimum absolute atomic E-state index is 0.0579. The van der Waals surface area contributed by atoms with Crippen molar-refractivity contribution < 1.29 is 33.4 Å². The normalized spacial score (nSPS) is 14.4. The smallest absolute Gasteiger partial charge is 0.350 e. The summed E-state index contributed by atoms with van der Waals surface area (Å²) in [7, 11) is 0. The summed E-state index contributed by atoms with van der Waals surface area (Å²) in [6, 6.07) is 17.0. The molecule has 0 fully saturated rings. The van der Waals surface area contributed by atoms with E-state index in [9.17, 15) is 19.2 Å². The molecule has 1 amide bonds. The molecule has 59 heavy (non-hydrogen) atoms. The minimum Gasteiger partial charge on any atom is -0.465 e. The van der Waals surface area contributed by atoms with Crippen molar-refractivity contribution in [1.82, 2.24) is 4.90 Å². The molecule has 0 bridgehead atoms. The molecule has 2 aromatic rings. The lowest BCUT2D eigenvalue weighted by Crippen LogP contribution is -2.91. The van der Waals surface area contributed by atoms with Crippen LogP contribution in [-0.4, -0.2) is 58.6 Å². The predicted molar refractivity (Wildman–Crippen MR) is 236 cm³/mol. The van der Waals surface area contributed by atoms with Gasteiger partial charge in [0.05, 0.1) is 6.61 Å². The number of carbonyl (C=O) groups is 4. The third kappa shape index (κ3) is 16.0. The molecule has 11 nitrogen and oxygen atoms in total. The van der Waals surface area contributed by atoms with Crippen molar-refractivity contribution in [3.8, 4) is 5.75 Å². The Morgan fingerprint density at radius 2 is 0.983 bits per heavy atom. The molecule has 0 saturated carbocycles. The van der Waals surface area contributed by atoms with Gasteiger partial charge >= 0.3 is 17.9 Å². The molecule has 6 N–H and O–H groups in total. The van der Waals surface area contributed by atoms with E-state index < -0.39 is 40.6 Å². The maximum Gasteiger partial charge on any atom is 0.350 e. The van der Waals surface area contributed by atoms with Crippen LogP contribution in [0.25, 0.3) is 0 Å². The summed E-state index contributed by atoms with van der Waals surface area (Å²) in [5.41, 5.74) is 14.2. The molecule has 0 heterocycles. The largest absolute Gasteiger partial charge is 0.465 e. The second kappa shape index (κ2) is 28.6. The number of hydrogen-bond donors (Lipinski definition) is 3. The number of esters is 3. The first-order valence-corrected chi connectivity index (χ1v) is 22.7. The van der Waals surface area contributed by atoms with E-state index in [0.29, 0.717) is 24.8 Å². The molecule has 0 aliphatic rings. The van der Waals surface area contributed by atoms with Gasteiger partial charge in [0.1, 0.15) is 17.9 Å². The van der Waals surface area contributed by atoms with Crippen LogP contribution in [0.4, 0.5) is 0 Å². The van der Waals surface area contributed by atoms with Gasteiger partial charge < -0.3 is 30.6 Å². The molecule has 3 atom stereocenters.